The van der Waals surface area contributed by atoms with Gasteiger partial charge in [0.25, 0.3) is 0 Å². The number of pyridine rings is 1. The molecule has 0 aliphatic heterocycles. The first-order chi connectivity index (χ1) is 8.40. The third-order valence-corrected chi connectivity index (χ3v) is 4.58. The second-order valence-electron chi connectivity index (χ2n) is 5.57. The van der Waals surface area contributed by atoms with Gasteiger partial charge in [-0.25, -0.2) is 0 Å². The lowest BCUT2D eigenvalue weighted by Crippen LogP contribution is -2.34. The van der Waals surface area contributed by atoms with Crippen LogP contribution in [-0.2, 0) is 6.42 Å². The number of likely N-dealkylation sites (N-methyl/N-ethyl adjacent to an activating group) is 1. The van der Waals surface area contributed by atoms with Crippen LogP contribution in [0.2, 0.25) is 0 Å². The summed E-state index contributed by atoms with van der Waals surface area (Å²) in [6, 6.07) is 4.93. The van der Waals surface area contributed by atoms with Crippen molar-refractivity contribution in [3.8, 4) is 0 Å². The maximum atomic E-state index is 4.22. The minimum Gasteiger partial charge on any atom is -0.314 e. The number of aromatic nitrogens is 1. The van der Waals surface area contributed by atoms with Gasteiger partial charge in [-0.1, -0.05) is 19.4 Å². The molecule has 1 N–H and O–H groups in total. The van der Waals surface area contributed by atoms with Crippen LogP contribution in [0.1, 0.15) is 31.7 Å². The Bertz CT molecular complexity index is 352. The van der Waals surface area contributed by atoms with Crippen molar-refractivity contribution in [2.75, 3.05) is 6.54 Å². The molecule has 0 amide bonds. The van der Waals surface area contributed by atoms with Crippen LogP contribution in [0, 0.1) is 17.8 Å². The van der Waals surface area contributed by atoms with Gasteiger partial charge in [0.05, 0.1) is 0 Å². The average molecular weight is 230 g/mol. The fourth-order valence-electron chi connectivity index (χ4n) is 3.85. The van der Waals surface area contributed by atoms with Crippen LogP contribution in [0.15, 0.2) is 24.5 Å². The number of nitrogens with one attached hydrogen (secondary N) is 1. The molecule has 17 heavy (non-hydrogen) atoms. The molecule has 2 heteroatoms. The molecule has 0 spiro atoms. The topological polar surface area (TPSA) is 24.9 Å². The summed E-state index contributed by atoms with van der Waals surface area (Å²) in [5.74, 6) is 3.02. The van der Waals surface area contributed by atoms with Crippen molar-refractivity contribution in [1.82, 2.24) is 10.3 Å². The Labute approximate surface area is 104 Å². The van der Waals surface area contributed by atoms with Crippen LogP contribution < -0.4 is 5.32 Å². The van der Waals surface area contributed by atoms with Crippen molar-refractivity contribution in [1.29, 1.82) is 0 Å². The van der Waals surface area contributed by atoms with E-state index < -0.39 is 0 Å². The normalized spacial score (nSPS) is 32.2. The zero-order chi connectivity index (χ0) is 11.7. The molecule has 1 aromatic heterocycles. The Morgan fingerprint density at radius 1 is 1.41 bits per heavy atom. The van der Waals surface area contributed by atoms with E-state index in [-0.39, 0.29) is 0 Å². The first-order valence-electron chi connectivity index (χ1n) is 7.02. The largest absolute Gasteiger partial charge is 0.314 e. The summed E-state index contributed by atoms with van der Waals surface area (Å²) in [4.78, 5) is 4.22. The van der Waals surface area contributed by atoms with Gasteiger partial charge < -0.3 is 5.32 Å². The van der Waals surface area contributed by atoms with E-state index in [1.54, 1.807) is 0 Å². The highest BCUT2D eigenvalue weighted by atomic mass is 14.9. The molecule has 2 nitrogen and oxygen atoms in total. The zero-order valence-corrected chi connectivity index (χ0v) is 10.6. The van der Waals surface area contributed by atoms with E-state index in [1.807, 2.05) is 18.5 Å². The average Bonchev–Trinajstić information content (AvgIpc) is 2.83. The summed E-state index contributed by atoms with van der Waals surface area (Å²) in [5.41, 5.74) is 1.38. The molecule has 1 heterocycles. The highest BCUT2D eigenvalue weighted by Crippen LogP contribution is 2.59. The molecule has 2 aliphatic rings. The molecule has 0 aromatic carbocycles. The molecule has 3 unspecified atom stereocenters. The summed E-state index contributed by atoms with van der Waals surface area (Å²) in [5, 5.41) is 3.69. The predicted molar refractivity (Wildman–Crippen MR) is 69.7 cm³/mol. The lowest BCUT2D eigenvalue weighted by molar-refractivity contribution is 0.410. The van der Waals surface area contributed by atoms with Gasteiger partial charge >= 0.3 is 0 Å². The summed E-state index contributed by atoms with van der Waals surface area (Å²) in [6.45, 7) is 3.30. The van der Waals surface area contributed by atoms with E-state index in [9.17, 15) is 0 Å². The predicted octanol–water partition coefficient (Wildman–Crippen LogP) is 2.65. The number of rotatable bonds is 5. The van der Waals surface area contributed by atoms with Gasteiger partial charge in [0.15, 0.2) is 0 Å². The minimum absolute atomic E-state index is 0.680. The van der Waals surface area contributed by atoms with Crippen molar-refractivity contribution in [3.05, 3.63) is 30.1 Å². The van der Waals surface area contributed by atoms with E-state index in [1.165, 1.54) is 24.8 Å². The first kappa shape index (κ1) is 11.2. The molecule has 3 rings (SSSR count). The van der Waals surface area contributed by atoms with E-state index in [2.05, 4.69) is 23.3 Å². The zero-order valence-electron chi connectivity index (χ0n) is 10.6. The van der Waals surface area contributed by atoms with Gasteiger partial charge in [0.2, 0.25) is 0 Å². The summed E-state index contributed by atoms with van der Waals surface area (Å²) in [7, 11) is 0. The Kier molecular flexibility index (Phi) is 3.15. The Balaban J connectivity index is 1.65. The van der Waals surface area contributed by atoms with Gasteiger partial charge in [-0.05, 0) is 55.2 Å². The minimum atomic E-state index is 0.680. The molecule has 3 atom stereocenters. The van der Waals surface area contributed by atoms with Crippen LogP contribution in [0.3, 0.4) is 0 Å². The molecule has 0 saturated heterocycles. The number of hydrogen-bond donors (Lipinski definition) is 1. The summed E-state index contributed by atoms with van der Waals surface area (Å²) < 4.78 is 0. The van der Waals surface area contributed by atoms with Crippen LogP contribution in [-0.4, -0.2) is 17.6 Å². The summed E-state index contributed by atoms with van der Waals surface area (Å²) in [6.07, 6.45) is 9.45. The fraction of sp³-hybridized carbons (Fsp3) is 0.667. The highest BCUT2D eigenvalue weighted by molar-refractivity contribution is 5.14. The van der Waals surface area contributed by atoms with Gasteiger partial charge in [0.1, 0.15) is 0 Å². The summed E-state index contributed by atoms with van der Waals surface area (Å²) >= 11 is 0. The maximum absolute atomic E-state index is 4.22. The highest BCUT2D eigenvalue weighted by Gasteiger charge is 2.55. The van der Waals surface area contributed by atoms with Crippen LogP contribution in [0.4, 0.5) is 0 Å². The second-order valence-corrected chi connectivity index (χ2v) is 5.57. The van der Waals surface area contributed by atoms with Crippen molar-refractivity contribution < 1.29 is 0 Å². The van der Waals surface area contributed by atoms with Gasteiger partial charge in [0, 0.05) is 18.4 Å². The van der Waals surface area contributed by atoms with Crippen molar-refractivity contribution in [3.63, 3.8) is 0 Å². The van der Waals surface area contributed by atoms with Crippen molar-refractivity contribution >= 4 is 0 Å². The third kappa shape index (κ3) is 2.23. The lowest BCUT2D eigenvalue weighted by Gasteiger charge is -2.19. The number of hydrogen-bond acceptors (Lipinski definition) is 2. The van der Waals surface area contributed by atoms with Gasteiger partial charge in [-0.2, -0.15) is 0 Å². The fourth-order valence-corrected chi connectivity index (χ4v) is 3.85. The SMILES string of the molecule is CCNC(Cc1cccnc1)C1C2CCCC21. The number of nitrogens with zero attached hydrogens (tertiary/aromatic N) is 1. The Morgan fingerprint density at radius 2 is 2.24 bits per heavy atom. The molecular weight excluding hydrogens is 208 g/mol. The van der Waals surface area contributed by atoms with Crippen molar-refractivity contribution in [2.24, 2.45) is 17.8 Å². The van der Waals surface area contributed by atoms with E-state index in [0.717, 1.165) is 30.7 Å². The molecule has 0 bridgehead atoms. The van der Waals surface area contributed by atoms with Crippen LogP contribution in [0.25, 0.3) is 0 Å². The van der Waals surface area contributed by atoms with Gasteiger partial charge in [-0.3, -0.25) is 4.98 Å². The molecule has 2 saturated carbocycles. The monoisotopic (exact) mass is 230 g/mol. The second kappa shape index (κ2) is 4.77. The van der Waals surface area contributed by atoms with Crippen LogP contribution in [0.5, 0.6) is 0 Å². The van der Waals surface area contributed by atoms with Gasteiger partial charge in [-0.15, -0.1) is 0 Å². The quantitative estimate of drug-likeness (QED) is 0.841. The number of fused-ring (bicyclic) bond motifs is 1. The molecule has 0 radical (unpaired) electrons. The van der Waals surface area contributed by atoms with E-state index >= 15 is 0 Å². The maximum Gasteiger partial charge on any atom is 0.0300 e. The standard InChI is InChI=1S/C15H22N2/c1-2-17-14(9-11-5-4-8-16-10-11)15-12-6-3-7-13(12)15/h4-5,8,10,12-15,17H,2-3,6-7,9H2,1H3. The first-order valence-corrected chi connectivity index (χ1v) is 7.02. The molecule has 1 aromatic rings. The molecule has 2 fully saturated rings. The Hall–Kier alpha value is -0.890. The lowest BCUT2D eigenvalue weighted by atomic mass is 9.98. The molecule has 92 valence electrons. The van der Waals surface area contributed by atoms with Crippen molar-refractivity contribution in [2.45, 2.75) is 38.6 Å². The van der Waals surface area contributed by atoms with Crippen LogP contribution >= 0.6 is 0 Å². The molecular formula is C15H22N2. The Morgan fingerprint density at radius 3 is 2.88 bits per heavy atom. The van der Waals surface area contributed by atoms with E-state index in [0.29, 0.717) is 6.04 Å². The smallest absolute Gasteiger partial charge is 0.0300 e. The third-order valence-electron chi connectivity index (χ3n) is 4.58. The van der Waals surface area contributed by atoms with E-state index in [4.69, 9.17) is 0 Å². The molecule has 2 aliphatic carbocycles.